The molecule has 0 aliphatic rings. The molecule has 0 saturated heterocycles. The third kappa shape index (κ3) is 4.80. The number of rotatable bonds is 6. The summed E-state index contributed by atoms with van der Waals surface area (Å²) in [5.74, 6) is -0.350. The number of nitrogens with zero attached hydrogens (tertiary/aromatic N) is 2. The molecule has 5 aromatic rings. The molecule has 0 spiro atoms. The smallest absolute Gasteiger partial charge is 0.261 e. The minimum absolute atomic E-state index is 0.0893. The maximum atomic E-state index is 12.6. The Kier molecular flexibility index (Phi) is 6.05. The van der Waals surface area contributed by atoms with Gasteiger partial charge in [-0.3, -0.25) is 14.8 Å². The van der Waals surface area contributed by atoms with E-state index in [9.17, 15) is 13.2 Å². The topological polar surface area (TPSA) is 101 Å². The van der Waals surface area contributed by atoms with Crippen molar-refractivity contribution in [1.29, 1.82) is 0 Å². The summed E-state index contributed by atoms with van der Waals surface area (Å²) in [6.07, 6.45) is 0. The third-order valence-electron chi connectivity index (χ3n) is 4.76. The van der Waals surface area contributed by atoms with E-state index in [1.807, 2.05) is 29.6 Å². The number of carbonyl (C=O) groups is 1. The van der Waals surface area contributed by atoms with Gasteiger partial charge in [-0.2, -0.15) is 0 Å². The van der Waals surface area contributed by atoms with Gasteiger partial charge in [0.1, 0.15) is 10.7 Å². The van der Waals surface area contributed by atoms with E-state index in [-0.39, 0.29) is 10.8 Å². The molecule has 2 heterocycles. The first-order valence-corrected chi connectivity index (χ1v) is 13.4. The van der Waals surface area contributed by atoms with Crippen LogP contribution < -0.4 is 10.0 Å². The van der Waals surface area contributed by atoms with Crippen molar-refractivity contribution < 1.29 is 13.2 Å². The van der Waals surface area contributed by atoms with Crippen LogP contribution >= 0.6 is 34.3 Å². The first-order chi connectivity index (χ1) is 16.4. The Morgan fingerprint density at radius 2 is 1.65 bits per heavy atom. The highest BCUT2D eigenvalue weighted by molar-refractivity contribution is 7.92. The number of sulfonamides is 1. The Balaban J connectivity index is 1.26. The number of nitrogens with one attached hydrogen (secondary N) is 2. The molecule has 11 heteroatoms. The van der Waals surface area contributed by atoms with Gasteiger partial charge in [0, 0.05) is 21.7 Å². The number of carbonyl (C=O) groups excluding carboxylic acids is 1. The number of para-hydroxylation sites is 1. The normalized spacial score (nSPS) is 11.4. The number of anilines is 2. The number of halogens is 1. The molecule has 170 valence electrons. The molecule has 0 saturated carbocycles. The predicted octanol–water partition coefficient (Wildman–Crippen LogP) is 6.13. The second-order valence-electron chi connectivity index (χ2n) is 7.12. The number of hydrogen-bond donors (Lipinski definition) is 2. The maximum Gasteiger partial charge on any atom is 0.261 e. The van der Waals surface area contributed by atoms with Crippen LogP contribution in [0.1, 0.15) is 10.4 Å². The first-order valence-electron chi connectivity index (χ1n) is 9.89. The number of fused-ring (bicyclic) bond motifs is 1. The van der Waals surface area contributed by atoms with E-state index >= 15 is 0 Å². The zero-order valence-corrected chi connectivity index (χ0v) is 20.4. The summed E-state index contributed by atoms with van der Waals surface area (Å²) in [6, 6.07) is 19.8. The lowest BCUT2D eigenvalue weighted by atomic mass is 10.2. The van der Waals surface area contributed by atoms with Crippen LogP contribution in [0, 0.1) is 0 Å². The van der Waals surface area contributed by atoms with Crippen molar-refractivity contribution in [3.8, 4) is 10.7 Å². The summed E-state index contributed by atoms with van der Waals surface area (Å²) in [5.41, 5.74) is 2.31. The van der Waals surface area contributed by atoms with Crippen molar-refractivity contribution in [2.24, 2.45) is 0 Å². The number of benzene rings is 3. The molecule has 0 fully saturated rings. The Bertz CT molecular complexity index is 1560. The van der Waals surface area contributed by atoms with Gasteiger partial charge in [-0.1, -0.05) is 23.7 Å². The second-order valence-corrected chi connectivity index (χ2v) is 11.1. The van der Waals surface area contributed by atoms with E-state index in [2.05, 4.69) is 20.0 Å². The molecular weight excluding hydrogens is 512 g/mol. The summed E-state index contributed by atoms with van der Waals surface area (Å²) < 4.78 is 28.6. The van der Waals surface area contributed by atoms with Crippen LogP contribution in [-0.4, -0.2) is 24.3 Å². The molecule has 0 atom stereocenters. The molecule has 0 radical (unpaired) electrons. The van der Waals surface area contributed by atoms with Crippen molar-refractivity contribution in [3.63, 3.8) is 0 Å². The van der Waals surface area contributed by atoms with Crippen LogP contribution in [-0.2, 0) is 10.0 Å². The molecule has 7 nitrogen and oxygen atoms in total. The molecule has 2 N–H and O–H groups in total. The molecule has 0 unspecified atom stereocenters. The lowest BCUT2D eigenvalue weighted by Gasteiger charge is -2.09. The van der Waals surface area contributed by atoms with Gasteiger partial charge in [0.15, 0.2) is 5.13 Å². The zero-order chi connectivity index (χ0) is 23.7. The first kappa shape index (κ1) is 22.5. The Morgan fingerprint density at radius 3 is 2.38 bits per heavy atom. The Labute approximate surface area is 208 Å². The summed E-state index contributed by atoms with van der Waals surface area (Å²) >= 11 is 8.67. The summed E-state index contributed by atoms with van der Waals surface area (Å²) in [4.78, 5) is 21.8. The zero-order valence-electron chi connectivity index (χ0n) is 17.2. The summed E-state index contributed by atoms with van der Waals surface area (Å²) in [7, 11) is -3.77. The van der Waals surface area contributed by atoms with Crippen LogP contribution in [0.25, 0.3) is 20.9 Å². The predicted molar refractivity (Wildman–Crippen MR) is 137 cm³/mol. The van der Waals surface area contributed by atoms with Crippen LogP contribution in [0.5, 0.6) is 0 Å². The quantitative estimate of drug-likeness (QED) is 0.277. The number of aromatic nitrogens is 2. The fourth-order valence-corrected chi connectivity index (χ4v) is 5.97. The van der Waals surface area contributed by atoms with Crippen LogP contribution in [0.2, 0.25) is 5.02 Å². The van der Waals surface area contributed by atoms with Gasteiger partial charge in [-0.05, 0) is 60.7 Å². The van der Waals surface area contributed by atoms with Gasteiger partial charge < -0.3 is 0 Å². The van der Waals surface area contributed by atoms with E-state index in [0.717, 1.165) is 15.2 Å². The average molecular weight is 527 g/mol. The van der Waals surface area contributed by atoms with E-state index in [1.165, 1.54) is 59.9 Å². The Morgan fingerprint density at radius 1 is 0.912 bits per heavy atom. The van der Waals surface area contributed by atoms with Crippen molar-refractivity contribution in [2.75, 3.05) is 10.0 Å². The fraction of sp³-hybridized carbons (Fsp3) is 0. The van der Waals surface area contributed by atoms with E-state index < -0.39 is 10.0 Å². The highest BCUT2D eigenvalue weighted by Gasteiger charge is 2.16. The molecule has 5 rings (SSSR count). The van der Waals surface area contributed by atoms with Crippen molar-refractivity contribution in [3.05, 3.63) is 88.8 Å². The van der Waals surface area contributed by atoms with Crippen molar-refractivity contribution in [1.82, 2.24) is 9.97 Å². The number of thiazole rings is 2. The molecule has 0 aliphatic carbocycles. The van der Waals surface area contributed by atoms with Crippen molar-refractivity contribution >= 4 is 71.2 Å². The molecule has 0 bridgehead atoms. The van der Waals surface area contributed by atoms with Crippen molar-refractivity contribution in [2.45, 2.75) is 4.90 Å². The molecular formula is C23H15ClN4O3S3. The standard InChI is InChI=1S/C23H15ClN4O3S3/c24-15-7-11-17(12-8-15)34(30,31)28-16-9-5-14(6-10-16)21(29)27-23-26-19(13-32-23)22-25-18-3-1-2-4-20(18)33-22/h1-13,28H,(H,26,27,29). The average Bonchev–Trinajstić information content (AvgIpc) is 3.46. The van der Waals surface area contributed by atoms with Gasteiger partial charge in [-0.25, -0.2) is 18.4 Å². The summed E-state index contributed by atoms with van der Waals surface area (Å²) in [5, 5.41) is 6.31. The highest BCUT2D eigenvalue weighted by atomic mass is 35.5. The van der Waals surface area contributed by atoms with Crippen LogP contribution in [0.4, 0.5) is 10.8 Å². The van der Waals surface area contributed by atoms with Gasteiger partial charge in [0.05, 0.1) is 15.1 Å². The SMILES string of the molecule is O=C(Nc1nc(-c2nc3ccccc3s2)cs1)c1ccc(NS(=O)(=O)c2ccc(Cl)cc2)cc1. The van der Waals surface area contributed by atoms with Crippen LogP contribution in [0.15, 0.2) is 83.1 Å². The lowest BCUT2D eigenvalue weighted by molar-refractivity contribution is 0.102. The fourth-order valence-electron chi connectivity index (χ4n) is 3.10. The van der Waals surface area contributed by atoms with Gasteiger partial charge >= 0.3 is 0 Å². The second kappa shape index (κ2) is 9.15. The molecule has 3 aromatic carbocycles. The summed E-state index contributed by atoms with van der Waals surface area (Å²) in [6.45, 7) is 0. The maximum absolute atomic E-state index is 12.6. The Hall–Kier alpha value is -3.31. The van der Waals surface area contributed by atoms with Gasteiger partial charge in [0.2, 0.25) is 0 Å². The molecule has 34 heavy (non-hydrogen) atoms. The monoisotopic (exact) mass is 526 g/mol. The lowest BCUT2D eigenvalue weighted by Crippen LogP contribution is -2.14. The number of amides is 1. The van der Waals surface area contributed by atoms with E-state index in [0.29, 0.717) is 27.1 Å². The number of hydrogen-bond acceptors (Lipinski definition) is 7. The highest BCUT2D eigenvalue weighted by Crippen LogP contribution is 2.32. The van der Waals surface area contributed by atoms with E-state index in [1.54, 1.807) is 11.3 Å². The molecule has 0 aliphatic heterocycles. The molecule has 1 amide bonds. The van der Waals surface area contributed by atoms with E-state index in [4.69, 9.17) is 11.6 Å². The minimum atomic E-state index is -3.77. The van der Waals surface area contributed by atoms with Gasteiger partial charge in [0.25, 0.3) is 15.9 Å². The minimum Gasteiger partial charge on any atom is -0.298 e. The molecule has 2 aromatic heterocycles. The third-order valence-corrected chi connectivity index (χ3v) is 8.23. The van der Waals surface area contributed by atoms with Crippen LogP contribution in [0.3, 0.4) is 0 Å². The largest absolute Gasteiger partial charge is 0.298 e. The van der Waals surface area contributed by atoms with Gasteiger partial charge in [-0.15, -0.1) is 22.7 Å².